The molecule has 1 saturated heterocycles. The lowest BCUT2D eigenvalue weighted by Gasteiger charge is -2.18. The highest BCUT2D eigenvalue weighted by atomic mass is 16.2. The summed E-state index contributed by atoms with van der Waals surface area (Å²) >= 11 is 0. The number of carbonyl (C=O) groups is 3. The molecule has 1 saturated carbocycles. The van der Waals surface area contributed by atoms with Crippen molar-refractivity contribution in [3.8, 4) is 0 Å². The number of nitrogens with zero attached hydrogens (tertiary/aromatic N) is 1. The van der Waals surface area contributed by atoms with E-state index in [0.717, 1.165) is 38.6 Å². The molecule has 2 N–H and O–H groups in total. The maximum atomic E-state index is 12.2. The second kappa shape index (κ2) is 10.4. The molecule has 3 rings (SSSR count). The highest BCUT2D eigenvalue weighted by Crippen LogP contribution is 2.24. The minimum Gasteiger partial charge on any atom is -0.356 e. The fourth-order valence-corrected chi connectivity index (χ4v) is 4.32. The topological polar surface area (TPSA) is 78.5 Å². The largest absolute Gasteiger partial charge is 0.356 e. The zero-order chi connectivity index (χ0) is 20.6. The number of hydrogen-bond acceptors (Lipinski definition) is 3. The third-order valence-corrected chi connectivity index (χ3v) is 6.00. The molecule has 1 aromatic rings. The van der Waals surface area contributed by atoms with E-state index in [2.05, 4.69) is 22.8 Å². The highest BCUT2D eigenvalue weighted by Gasteiger charge is 2.29. The Balaban J connectivity index is 1.33. The SMILES string of the molecule is C[C@@H](CC(=O)NC[C@H]1CC(=O)N(CCc2ccccc2)C1)NC(=O)C1CCCC1. The van der Waals surface area contributed by atoms with Gasteiger partial charge in [-0.2, -0.15) is 0 Å². The lowest BCUT2D eigenvalue weighted by molar-refractivity contribution is -0.128. The Morgan fingerprint density at radius 2 is 1.90 bits per heavy atom. The Morgan fingerprint density at radius 3 is 2.62 bits per heavy atom. The molecule has 0 unspecified atom stereocenters. The monoisotopic (exact) mass is 399 g/mol. The molecule has 2 aliphatic rings. The molecule has 1 heterocycles. The Kier molecular flexibility index (Phi) is 7.67. The van der Waals surface area contributed by atoms with Gasteiger partial charge < -0.3 is 15.5 Å². The van der Waals surface area contributed by atoms with Crippen molar-refractivity contribution in [2.75, 3.05) is 19.6 Å². The molecule has 1 aromatic carbocycles. The summed E-state index contributed by atoms with van der Waals surface area (Å²) in [5.74, 6) is 0.451. The quantitative estimate of drug-likeness (QED) is 0.669. The fraction of sp³-hybridized carbons (Fsp3) is 0.609. The predicted octanol–water partition coefficient (Wildman–Crippen LogP) is 2.28. The van der Waals surface area contributed by atoms with E-state index in [1.807, 2.05) is 30.0 Å². The van der Waals surface area contributed by atoms with Crippen LogP contribution in [0, 0.1) is 11.8 Å². The normalized spacial score (nSPS) is 20.7. The first-order valence-electron chi connectivity index (χ1n) is 10.9. The van der Waals surface area contributed by atoms with E-state index in [0.29, 0.717) is 19.5 Å². The number of hydrogen-bond donors (Lipinski definition) is 2. The highest BCUT2D eigenvalue weighted by molar-refractivity contribution is 5.81. The molecular weight excluding hydrogens is 366 g/mol. The van der Waals surface area contributed by atoms with Crippen LogP contribution < -0.4 is 10.6 Å². The van der Waals surface area contributed by atoms with Crippen molar-refractivity contribution >= 4 is 17.7 Å². The second-order valence-corrected chi connectivity index (χ2v) is 8.54. The van der Waals surface area contributed by atoms with Gasteiger partial charge in [0.2, 0.25) is 17.7 Å². The molecule has 0 bridgehead atoms. The summed E-state index contributed by atoms with van der Waals surface area (Å²) < 4.78 is 0. The van der Waals surface area contributed by atoms with Crippen LogP contribution in [0.3, 0.4) is 0 Å². The van der Waals surface area contributed by atoms with E-state index >= 15 is 0 Å². The molecule has 2 fully saturated rings. The van der Waals surface area contributed by atoms with Gasteiger partial charge in [-0.25, -0.2) is 0 Å². The van der Waals surface area contributed by atoms with Gasteiger partial charge in [0.05, 0.1) is 0 Å². The molecule has 0 radical (unpaired) electrons. The van der Waals surface area contributed by atoms with Crippen LogP contribution in [-0.2, 0) is 20.8 Å². The van der Waals surface area contributed by atoms with Crippen LogP contribution in [0.15, 0.2) is 30.3 Å². The Hall–Kier alpha value is -2.37. The van der Waals surface area contributed by atoms with Crippen LogP contribution in [0.1, 0.15) is 51.0 Å². The van der Waals surface area contributed by atoms with E-state index < -0.39 is 0 Å². The number of carbonyl (C=O) groups excluding carboxylic acids is 3. The van der Waals surface area contributed by atoms with Gasteiger partial charge in [0.15, 0.2) is 0 Å². The maximum Gasteiger partial charge on any atom is 0.223 e. The lowest BCUT2D eigenvalue weighted by Crippen LogP contribution is -2.40. The van der Waals surface area contributed by atoms with E-state index in [1.165, 1.54) is 5.56 Å². The summed E-state index contributed by atoms with van der Waals surface area (Å²) in [5, 5.41) is 5.91. The van der Waals surface area contributed by atoms with Gasteiger partial charge in [0, 0.05) is 50.4 Å². The number of amides is 3. The van der Waals surface area contributed by atoms with E-state index in [9.17, 15) is 14.4 Å². The van der Waals surface area contributed by atoms with Crippen molar-refractivity contribution in [1.29, 1.82) is 0 Å². The van der Waals surface area contributed by atoms with E-state index in [1.54, 1.807) is 0 Å². The van der Waals surface area contributed by atoms with Crippen LogP contribution in [0.25, 0.3) is 0 Å². The van der Waals surface area contributed by atoms with Crippen molar-refractivity contribution in [2.24, 2.45) is 11.8 Å². The average Bonchev–Trinajstić information content (AvgIpc) is 3.35. The number of nitrogens with one attached hydrogen (secondary N) is 2. The van der Waals surface area contributed by atoms with Crippen LogP contribution in [0.2, 0.25) is 0 Å². The van der Waals surface area contributed by atoms with Crippen molar-refractivity contribution < 1.29 is 14.4 Å². The minimum absolute atomic E-state index is 0.0700. The van der Waals surface area contributed by atoms with Gasteiger partial charge in [-0.1, -0.05) is 43.2 Å². The average molecular weight is 400 g/mol. The summed E-state index contributed by atoms with van der Waals surface area (Å²) in [7, 11) is 0. The molecule has 158 valence electrons. The number of rotatable bonds is 9. The van der Waals surface area contributed by atoms with Gasteiger partial charge in [-0.05, 0) is 31.7 Å². The van der Waals surface area contributed by atoms with Crippen molar-refractivity contribution in [1.82, 2.24) is 15.5 Å². The molecule has 2 atom stereocenters. The van der Waals surface area contributed by atoms with Crippen LogP contribution in [-0.4, -0.2) is 48.3 Å². The Morgan fingerprint density at radius 1 is 1.17 bits per heavy atom. The van der Waals surface area contributed by atoms with Crippen LogP contribution >= 0.6 is 0 Å². The number of benzene rings is 1. The van der Waals surface area contributed by atoms with Gasteiger partial charge in [0.25, 0.3) is 0 Å². The maximum absolute atomic E-state index is 12.2. The fourth-order valence-electron chi connectivity index (χ4n) is 4.32. The van der Waals surface area contributed by atoms with Gasteiger partial charge in [0.1, 0.15) is 0 Å². The van der Waals surface area contributed by atoms with Crippen molar-refractivity contribution in [2.45, 2.75) is 57.9 Å². The first kappa shape index (κ1) is 21.3. The molecule has 1 aliphatic heterocycles. The molecular formula is C23H33N3O3. The van der Waals surface area contributed by atoms with Crippen molar-refractivity contribution in [3.05, 3.63) is 35.9 Å². The third kappa shape index (κ3) is 6.58. The van der Waals surface area contributed by atoms with Crippen molar-refractivity contribution in [3.63, 3.8) is 0 Å². The Labute approximate surface area is 173 Å². The molecule has 0 aromatic heterocycles. The third-order valence-electron chi connectivity index (χ3n) is 6.00. The molecule has 3 amide bonds. The van der Waals surface area contributed by atoms with Gasteiger partial charge >= 0.3 is 0 Å². The van der Waals surface area contributed by atoms with E-state index in [-0.39, 0.29) is 42.0 Å². The second-order valence-electron chi connectivity index (χ2n) is 8.54. The van der Waals surface area contributed by atoms with Gasteiger partial charge in [-0.15, -0.1) is 0 Å². The standard InChI is InChI=1S/C23H33N3O3/c1-17(25-23(29)20-9-5-6-10-20)13-21(27)24-15-19-14-22(28)26(16-19)12-11-18-7-3-2-4-8-18/h2-4,7-8,17,19-20H,5-6,9-16H2,1H3,(H,24,27)(H,25,29)/t17-,19+/m0/s1. The van der Waals surface area contributed by atoms with E-state index in [4.69, 9.17) is 0 Å². The molecule has 1 aliphatic carbocycles. The first-order valence-corrected chi connectivity index (χ1v) is 10.9. The summed E-state index contributed by atoms with van der Waals surface area (Å²) in [6.45, 7) is 3.80. The predicted molar refractivity (Wildman–Crippen MR) is 112 cm³/mol. The molecule has 6 heteroatoms. The summed E-state index contributed by atoms with van der Waals surface area (Å²) in [6.07, 6.45) is 5.77. The summed E-state index contributed by atoms with van der Waals surface area (Å²) in [6, 6.07) is 9.99. The van der Waals surface area contributed by atoms with Crippen LogP contribution in [0.4, 0.5) is 0 Å². The minimum atomic E-state index is -0.171. The lowest BCUT2D eigenvalue weighted by atomic mass is 10.1. The number of likely N-dealkylation sites (tertiary alicyclic amines) is 1. The summed E-state index contributed by atoms with van der Waals surface area (Å²) in [4.78, 5) is 38.5. The first-order chi connectivity index (χ1) is 14.0. The zero-order valence-corrected chi connectivity index (χ0v) is 17.4. The van der Waals surface area contributed by atoms with Crippen LogP contribution in [0.5, 0.6) is 0 Å². The molecule has 29 heavy (non-hydrogen) atoms. The summed E-state index contributed by atoms with van der Waals surface area (Å²) in [5.41, 5.74) is 1.23. The molecule has 0 spiro atoms. The van der Waals surface area contributed by atoms with Gasteiger partial charge in [-0.3, -0.25) is 14.4 Å². The molecule has 6 nitrogen and oxygen atoms in total. The zero-order valence-electron chi connectivity index (χ0n) is 17.4. The smallest absolute Gasteiger partial charge is 0.223 e. The Bertz CT molecular complexity index is 701.